The Balaban J connectivity index is 0.00000361. The van der Waals surface area contributed by atoms with Crippen molar-refractivity contribution >= 4 is 18.1 Å². The normalized spacial score (nSPS) is 13.6. The van der Waals surface area contributed by atoms with Gasteiger partial charge in [-0.05, 0) is 12.1 Å². The van der Waals surface area contributed by atoms with Gasteiger partial charge in [-0.25, -0.2) is 4.39 Å². The third-order valence-electron chi connectivity index (χ3n) is 2.29. The molecule has 0 aliphatic carbocycles. The number of hydrogen-bond acceptors (Lipinski definition) is 3. The van der Waals surface area contributed by atoms with Crippen LogP contribution in [0, 0.1) is 15.9 Å². The zero-order valence-electron chi connectivity index (χ0n) is 9.33. The minimum atomic E-state index is -6.01. The lowest BCUT2D eigenvalue weighted by Crippen LogP contribution is -2.46. The van der Waals surface area contributed by atoms with E-state index in [-0.39, 0.29) is 18.5 Å². The predicted molar refractivity (Wildman–Crippen MR) is 58.2 cm³/mol. The summed E-state index contributed by atoms with van der Waals surface area (Å²) in [4.78, 5) is 9.29. The van der Waals surface area contributed by atoms with Crippen LogP contribution in [-0.2, 0) is 0 Å². The summed E-state index contributed by atoms with van der Waals surface area (Å²) in [7, 11) is 0. The number of halogens is 7. The van der Waals surface area contributed by atoms with Gasteiger partial charge in [0.25, 0.3) is 5.69 Å². The van der Waals surface area contributed by atoms with E-state index in [2.05, 4.69) is 0 Å². The van der Waals surface area contributed by atoms with Gasteiger partial charge in [0, 0.05) is 6.07 Å². The Morgan fingerprint density at radius 2 is 1.70 bits per heavy atom. The molecule has 0 aliphatic heterocycles. The van der Waals surface area contributed by atoms with Crippen LogP contribution in [-0.4, -0.2) is 17.0 Å². The molecule has 0 heterocycles. The molecule has 2 N–H and O–H groups in total. The maximum atomic E-state index is 13.0. The quantitative estimate of drug-likeness (QED) is 0.526. The van der Waals surface area contributed by atoms with E-state index in [0.717, 1.165) is 0 Å². The lowest BCUT2D eigenvalue weighted by molar-refractivity contribution is -0.386. The first-order valence-corrected chi connectivity index (χ1v) is 4.62. The van der Waals surface area contributed by atoms with Crippen molar-refractivity contribution in [1.82, 2.24) is 0 Å². The van der Waals surface area contributed by atoms with E-state index >= 15 is 0 Å². The molecule has 1 aromatic carbocycles. The number of nitrogens with two attached hydrogens (primary N) is 1. The molecule has 0 bridgehead atoms. The molecular formula is C9H7ClF6N2O2. The second-order valence-corrected chi connectivity index (χ2v) is 3.56. The monoisotopic (exact) mass is 324 g/mol. The van der Waals surface area contributed by atoms with Crippen molar-refractivity contribution in [3.63, 3.8) is 0 Å². The van der Waals surface area contributed by atoms with E-state index < -0.39 is 40.1 Å². The van der Waals surface area contributed by atoms with Crippen LogP contribution in [0.2, 0.25) is 0 Å². The topological polar surface area (TPSA) is 69.2 Å². The lowest BCUT2D eigenvalue weighted by Gasteiger charge is -2.25. The van der Waals surface area contributed by atoms with Crippen LogP contribution < -0.4 is 5.73 Å². The zero-order valence-corrected chi connectivity index (χ0v) is 10.1. The molecular weight excluding hydrogens is 318 g/mol. The Morgan fingerprint density at radius 1 is 1.20 bits per heavy atom. The van der Waals surface area contributed by atoms with Crippen molar-refractivity contribution < 1.29 is 31.3 Å². The second kappa shape index (κ2) is 5.83. The molecule has 1 atom stereocenters. The molecule has 0 saturated carbocycles. The van der Waals surface area contributed by atoms with Crippen LogP contribution in [0.1, 0.15) is 11.6 Å². The first kappa shape index (κ1) is 18.4. The highest BCUT2D eigenvalue weighted by molar-refractivity contribution is 5.85. The van der Waals surface area contributed by atoms with Gasteiger partial charge in [0.05, 0.1) is 10.5 Å². The summed E-state index contributed by atoms with van der Waals surface area (Å²) in [5.41, 5.74) is 2.38. The van der Waals surface area contributed by atoms with Gasteiger partial charge >= 0.3 is 12.1 Å². The van der Waals surface area contributed by atoms with Crippen molar-refractivity contribution in [3.8, 4) is 0 Å². The van der Waals surface area contributed by atoms with Crippen molar-refractivity contribution in [2.24, 2.45) is 5.73 Å². The summed E-state index contributed by atoms with van der Waals surface area (Å²) in [6.45, 7) is 0. The van der Waals surface area contributed by atoms with E-state index in [1.807, 2.05) is 0 Å². The molecule has 11 heteroatoms. The molecule has 4 nitrogen and oxygen atoms in total. The molecule has 20 heavy (non-hydrogen) atoms. The number of nitro benzene ring substituents is 1. The van der Waals surface area contributed by atoms with E-state index in [1.54, 1.807) is 0 Å². The highest BCUT2D eigenvalue weighted by Crippen LogP contribution is 2.45. The smallest absolute Gasteiger partial charge is 0.318 e. The number of rotatable bonds is 3. The van der Waals surface area contributed by atoms with Crippen molar-refractivity contribution in [3.05, 3.63) is 39.7 Å². The van der Waals surface area contributed by atoms with Gasteiger partial charge in [-0.3, -0.25) is 10.1 Å². The molecule has 0 aromatic heterocycles. The SMILES string of the molecule is Cl.N[C@@H](c1cc(F)ccc1[N+](=O)[O-])C(F)(F)C(F)(F)F. The van der Waals surface area contributed by atoms with Crippen LogP contribution in [0.4, 0.5) is 32.0 Å². The maximum absolute atomic E-state index is 13.0. The molecule has 0 amide bonds. The average Bonchev–Trinajstić information content (AvgIpc) is 2.25. The minimum absolute atomic E-state index is 0. The van der Waals surface area contributed by atoms with E-state index in [4.69, 9.17) is 5.73 Å². The molecule has 0 spiro atoms. The molecule has 114 valence electrons. The summed E-state index contributed by atoms with van der Waals surface area (Å²) in [5.74, 6) is -6.64. The fraction of sp³-hybridized carbons (Fsp3) is 0.333. The van der Waals surface area contributed by atoms with Crippen molar-refractivity contribution in [1.29, 1.82) is 0 Å². The Kier molecular flexibility index (Phi) is 5.38. The highest BCUT2D eigenvalue weighted by atomic mass is 35.5. The van der Waals surface area contributed by atoms with Crippen LogP contribution in [0.5, 0.6) is 0 Å². The number of nitro groups is 1. The maximum Gasteiger partial charge on any atom is 0.455 e. The highest BCUT2D eigenvalue weighted by Gasteiger charge is 2.62. The summed E-state index contributed by atoms with van der Waals surface area (Å²) in [6, 6.07) is -1.87. The molecule has 1 rings (SSSR count). The average molecular weight is 325 g/mol. The number of benzene rings is 1. The lowest BCUT2D eigenvalue weighted by atomic mass is 9.99. The van der Waals surface area contributed by atoms with Crippen molar-refractivity contribution in [2.45, 2.75) is 18.1 Å². The fourth-order valence-corrected chi connectivity index (χ4v) is 1.31. The standard InChI is InChI=1S/C9H6F6N2O2.ClH/c10-4-1-2-6(17(18)19)5(3-4)7(16)8(11,12)9(13,14)15;/h1-3,7H,16H2;1H/t7-;/m0./s1. The molecule has 0 radical (unpaired) electrons. The summed E-state index contributed by atoms with van der Waals surface area (Å²) in [5, 5.41) is 10.5. The zero-order chi connectivity index (χ0) is 15.0. The summed E-state index contributed by atoms with van der Waals surface area (Å²) >= 11 is 0. The third kappa shape index (κ3) is 3.31. The Bertz CT molecular complexity index is 508. The fourth-order valence-electron chi connectivity index (χ4n) is 1.31. The predicted octanol–water partition coefficient (Wildman–Crippen LogP) is 3.35. The number of hydrogen-bond donors (Lipinski definition) is 1. The summed E-state index contributed by atoms with van der Waals surface area (Å²) in [6.07, 6.45) is -6.01. The molecule has 0 unspecified atom stereocenters. The third-order valence-corrected chi connectivity index (χ3v) is 2.29. The first-order valence-electron chi connectivity index (χ1n) is 4.62. The van der Waals surface area contributed by atoms with Crippen LogP contribution in [0.3, 0.4) is 0 Å². The van der Waals surface area contributed by atoms with Gasteiger partial charge in [0.15, 0.2) is 0 Å². The molecule has 0 aliphatic rings. The number of alkyl halides is 5. The number of nitrogens with zero attached hydrogens (tertiary/aromatic N) is 1. The Morgan fingerprint density at radius 3 is 2.10 bits per heavy atom. The van der Waals surface area contributed by atoms with Gasteiger partial charge in [0.1, 0.15) is 11.9 Å². The van der Waals surface area contributed by atoms with Crippen LogP contribution >= 0.6 is 12.4 Å². The molecule has 1 aromatic rings. The Labute approximate surface area is 114 Å². The molecule has 0 fully saturated rings. The van der Waals surface area contributed by atoms with Gasteiger partial charge in [0.2, 0.25) is 0 Å². The largest absolute Gasteiger partial charge is 0.455 e. The van der Waals surface area contributed by atoms with Gasteiger partial charge < -0.3 is 5.73 Å². The van der Waals surface area contributed by atoms with Crippen LogP contribution in [0.25, 0.3) is 0 Å². The van der Waals surface area contributed by atoms with Gasteiger partial charge in [-0.2, -0.15) is 22.0 Å². The van der Waals surface area contributed by atoms with E-state index in [1.165, 1.54) is 0 Å². The first-order chi connectivity index (χ1) is 8.48. The van der Waals surface area contributed by atoms with E-state index in [0.29, 0.717) is 12.1 Å². The Hall–Kier alpha value is -1.55. The van der Waals surface area contributed by atoms with Crippen molar-refractivity contribution in [2.75, 3.05) is 0 Å². The minimum Gasteiger partial charge on any atom is -0.318 e. The summed E-state index contributed by atoms with van der Waals surface area (Å²) < 4.78 is 75.2. The van der Waals surface area contributed by atoms with Crippen LogP contribution in [0.15, 0.2) is 18.2 Å². The molecule has 0 saturated heterocycles. The van der Waals surface area contributed by atoms with Gasteiger partial charge in [-0.1, -0.05) is 0 Å². The second-order valence-electron chi connectivity index (χ2n) is 3.56. The van der Waals surface area contributed by atoms with E-state index in [9.17, 15) is 36.5 Å². The van der Waals surface area contributed by atoms with Gasteiger partial charge in [-0.15, -0.1) is 12.4 Å².